The van der Waals surface area contributed by atoms with E-state index in [0.717, 1.165) is 5.52 Å². The van der Waals surface area contributed by atoms with E-state index in [-0.39, 0.29) is 56.6 Å². The van der Waals surface area contributed by atoms with Gasteiger partial charge in [-0.3, -0.25) is 47.9 Å². The molecule has 4 aromatic rings. The Kier molecular flexibility index (Phi) is 21.1. The lowest BCUT2D eigenvalue weighted by Crippen LogP contribution is -2.59. The number of aromatic nitrogens is 1. The van der Waals surface area contributed by atoms with E-state index in [4.69, 9.17) is 10.8 Å². The average Bonchev–Trinajstić information content (AvgIpc) is 3.72. The van der Waals surface area contributed by atoms with Crippen LogP contribution in [0.5, 0.6) is 5.75 Å². The average molecular weight is 984 g/mol. The molecule has 22 heteroatoms. The summed E-state index contributed by atoms with van der Waals surface area (Å²) in [6.07, 6.45) is 0.0672. The number of carboxylic acids is 2. The van der Waals surface area contributed by atoms with Gasteiger partial charge in [0.1, 0.15) is 42.0 Å². The molecule has 0 fully saturated rings. The number of hydrogen-bond acceptors (Lipinski definition) is 11. The number of fused-ring (bicyclic) bond motifs is 1. The first-order valence-corrected chi connectivity index (χ1v) is 22.9. The van der Waals surface area contributed by atoms with Crippen molar-refractivity contribution in [3.05, 3.63) is 102 Å². The maximum atomic E-state index is 14.3. The highest BCUT2D eigenvalue weighted by molar-refractivity contribution is 5.98. The van der Waals surface area contributed by atoms with Gasteiger partial charge in [0, 0.05) is 49.2 Å². The van der Waals surface area contributed by atoms with Gasteiger partial charge in [0.2, 0.25) is 47.3 Å². The molecule has 71 heavy (non-hydrogen) atoms. The van der Waals surface area contributed by atoms with E-state index in [2.05, 4.69) is 42.2 Å². The predicted octanol–water partition coefficient (Wildman–Crippen LogP) is 0.207. The van der Waals surface area contributed by atoms with Crippen molar-refractivity contribution in [2.75, 3.05) is 6.54 Å². The van der Waals surface area contributed by atoms with Crippen LogP contribution in [0.1, 0.15) is 69.6 Å². The number of primary amides is 1. The van der Waals surface area contributed by atoms with E-state index in [1.165, 1.54) is 31.2 Å². The van der Waals surface area contributed by atoms with Crippen LogP contribution in [0, 0.1) is 5.92 Å². The number of benzene rings is 3. The van der Waals surface area contributed by atoms with Crippen molar-refractivity contribution < 1.29 is 63.3 Å². The van der Waals surface area contributed by atoms with E-state index in [1.807, 2.05) is 0 Å². The zero-order chi connectivity index (χ0) is 52.2. The summed E-state index contributed by atoms with van der Waals surface area (Å²) in [7, 11) is 0. The summed E-state index contributed by atoms with van der Waals surface area (Å²) in [6.45, 7) is 4.15. The van der Waals surface area contributed by atoms with Gasteiger partial charge in [-0.2, -0.15) is 0 Å². The number of carbonyl (C=O) groups is 10. The lowest BCUT2D eigenvalue weighted by molar-refractivity contribution is -0.141. The molecule has 1 aromatic heterocycles. The van der Waals surface area contributed by atoms with Crippen molar-refractivity contribution in [2.24, 2.45) is 11.7 Å². The van der Waals surface area contributed by atoms with Crippen LogP contribution in [0.15, 0.2) is 85.1 Å². The van der Waals surface area contributed by atoms with E-state index < -0.39 is 108 Å². The predicted molar refractivity (Wildman–Crippen MR) is 257 cm³/mol. The number of aromatic amines is 1. The van der Waals surface area contributed by atoms with E-state index in [0.29, 0.717) is 22.1 Å². The normalized spacial score (nSPS) is 13.5. The number of phenolic OH excluding ortho intramolecular Hbond substituents is 1. The molecule has 0 aliphatic carbocycles. The first-order chi connectivity index (χ1) is 33.7. The van der Waals surface area contributed by atoms with Gasteiger partial charge in [-0.05, 0) is 60.6 Å². The molecule has 8 amide bonds. The molecule has 380 valence electrons. The van der Waals surface area contributed by atoms with Crippen LogP contribution in [-0.2, 0) is 67.2 Å². The second kappa shape index (κ2) is 27.0. The van der Waals surface area contributed by atoms with Gasteiger partial charge in [-0.15, -0.1) is 0 Å². The number of aromatic hydroxyl groups is 1. The molecule has 0 bridgehead atoms. The Morgan fingerprint density at radius 3 is 1.77 bits per heavy atom. The lowest BCUT2D eigenvalue weighted by Gasteiger charge is -2.27. The first kappa shape index (κ1) is 55.3. The number of para-hydroxylation sites is 1. The quantitative estimate of drug-likeness (QED) is 0.0363. The zero-order valence-electron chi connectivity index (χ0n) is 39.5. The number of hydrogen-bond donors (Lipinski definition) is 12. The molecule has 0 saturated heterocycles. The number of nitrogens with one attached hydrogen (secondary N) is 8. The number of nitrogens with two attached hydrogens (primary N) is 1. The Labute approximate surface area is 408 Å². The Morgan fingerprint density at radius 1 is 0.563 bits per heavy atom. The van der Waals surface area contributed by atoms with E-state index in [9.17, 15) is 58.2 Å². The summed E-state index contributed by atoms with van der Waals surface area (Å²) in [5.74, 6) is -9.64. The first-order valence-electron chi connectivity index (χ1n) is 22.9. The van der Waals surface area contributed by atoms with Gasteiger partial charge in [-0.25, -0.2) is 0 Å². The molecule has 0 saturated carbocycles. The molecule has 0 radical (unpaired) electrons. The topological polar surface area (TPSA) is 357 Å². The summed E-state index contributed by atoms with van der Waals surface area (Å²) in [6, 6.07) is 13.2. The standard InChI is InChI=1S/C49H61N9O13/c1-27(2)20-36(47(69)58-39(24-43(64)65)49(71)55-35(44(50)66)21-29-10-5-4-6-11-29)57-48(70)38(23-31-25-51-34-13-8-7-12-33(31)34)54-41(61)26-52-46(68)37(22-30-16-18-32(59)19-17-30)56-45(67)28(3)53-40(60)14-9-15-42(62)63/h4-8,10-13,16-19,25,27-28,35-39,51,59H,9,14-15,20-24,26H2,1-3H3,(H2,50,66)(H,52,68)(H,53,60)(H,54,61)(H,55,71)(H,56,67)(H,57,70)(H,58,69)(H,62,63)(H,64,65). The van der Waals surface area contributed by atoms with Crippen LogP contribution < -0.4 is 43.0 Å². The van der Waals surface area contributed by atoms with Gasteiger partial charge < -0.3 is 63.3 Å². The van der Waals surface area contributed by atoms with Crippen molar-refractivity contribution >= 4 is 70.1 Å². The lowest BCUT2D eigenvalue weighted by atomic mass is 10.00. The minimum atomic E-state index is -1.71. The Balaban J connectivity index is 1.52. The highest BCUT2D eigenvalue weighted by atomic mass is 16.4. The Morgan fingerprint density at radius 2 is 1.13 bits per heavy atom. The minimum absolute atomic E-state index is 0.0120. The summed E-state index contributed by atoms with van der Waals surface area (Å²) >= 11 is 0. The summed E-state index contributed by atoms with van der Waals surface area (Å²) in [5, 5.41) is 46.6. The molecule has 1 heterocycles. The van der Waals surface area contributed by atoms with Crippen LogP contribution in [0.2, 0.25) is 0 Å². The molecule has 0 spiro atoms. The van der Waals surface area contributed by atoms with Gasteiger partial charge in [0.05, 0.1) is 13.0 Å². The molecule has 13 N–H and O–H groups in total. The number of carboxylic acid groups (broad SMARTS) is 2. The largest absolute Gasteiger partial charge is 0.508 e. The van der Waals surface area contributed by atoms with Crippen LogP contribution in [-0.4, -0.2) is 122 Å². The van der Waals surface area contributed by atoms with Crippen LogP contribution >= 0.6 is 0 Å². The molecule has 22 nitrogen and oxygen atoms in total. The van der Waals surface area contributed by atoms with Crippen molar-refractivity contribution in [1.29, 1.82) is 0 Å². The fourth-order valence-electron chi connectivity index (χ4n) is 7.40. The third-order valence-electron chi connectivity index (χ3n) is 11.0. The fourth-order valence-corrected chi connectivity index (χ4v) is 7.40. The van der Waals surface area contributed by atoms with Crippen LogP contribution in [0.3, 0.4) is 0 Å². The van der Waals surface area contributed by atoms with Crippen molar-refractivity contribution in [2.45, 2.75) is 108 Å². The fraction of sp³-hybridized carbons (Fsp3) is 0.388. The van der Waals surface area contributed by atoms with Crippen LogP contribution in [0.4, 0.5) is 0 Å². The third-order valence-corrected chi connectivity index (χ3v) is 11.0. The molecule has 6 unspecified atom stereocenters. The third kappa shape index (κ3) is 18.6. The summed E-state index contributed by atoms with van der Waals surface area (Å²) < 4.78 is 0. The second-order valence-electron chi connectivity index (χ2n) is 17.4. The van der Waals surface area contributed by atoms with E-state index in [1.54, 1.807) is 74.6 Å². The number of phenols is 1. The minimum Gasteiger partial charge on any atom is -0.508 e. The molecule has 0 aliphatic rings. The van der Waals surface area contributed by atoms with Gasteiger partial charge in [-0.1, -0.05) is 74.5 Å². The van der Waals surface area contributed by atoms with Gasteiger partial charge in [0.25, 0.3) is 0 Å². The maximum absolute atomic E-state index is 14.3. The molecule has 4 rings (SSSR count). The molecule has 6 atom stereocenters. The number of carbonyl (C=O) groups excluding carboxylic acids is 8. The number of amides is 8. The highest BCUT2D eigenvalue weighted by Gasteiger charge is 2.33. The molecular weight excluding hydrogens is 923 g/mol. The summed E-state index contributed by atoms with van der Waals surface area (Å²) in [4.78, 5) is 133. The monoisotopic (exact) mass is 983 g/mol. The Bertz CT molecular complexity index is 2530. The second-order valence-corrected chi connectivity index (χ2v) is 17.4. The van der Waals surface area contributed by atoms with Crippen molar-refractivity contribution in [3.8, 4) is 5.75 Å². The molecule has 3 aromatic carbocycles. The Hall–Kier alpha value is -8.30. The van der Waals surface area contributed by atoms with E-state index >= 15 is 0 Å². The SMILES string of the molecule is CC(C)CC(NC(=O)C(Cc1c[nH]c2ccccc12)NC(=O)CNC(=O)C(Cc1ccc(O)cc1)NC(=O)C(C)NC(=O)CCCC(=O)O)C(=O)NC(CC(=O)O)C(=O)NC(Cc1ccccc1)C(N)=O. The smallest absolute Gasteiger partial charge is 0.305 e. The number of rotatable bonds is 28. The zero-order valence-corrected chi connectivity index (χ0v) is 39.5. The molecule has 0 aliphatic heterocycles. The van der Waals surface area contributed by atoms with Gasteiger partial charge >= 0.3 is 11.9 Å². The number of aliphatic carboxylic acids is 2. The van der Waals surface area contributed by atoms with Crippen molar-refractivity contribution in [3.63, 3.8) is 0 Å². The highest BCUT2D eigenvalue weighted by Crippen LogP contribution is 2.20. The molecular formula is C49H61N9O13. The van der Waals surface area contributed by atoms with Crippen LogP contribution in [0.25, 0.3) is 10.9 Å². The maximum Gasteiger partial charge on any atom is 0.305 e. The number of H-pyrrole nitrogens is 1. The van der Waals surface area contributed by atoms with Crippen molar-refractivity contribution in [1.82, 2.24) is 42.2 Å². The van der Waals surface area contributed by atoms with Gasteiger partial charge in [0.15, 0.2) is 0 Å². The summed E-state index contributed by atoms with van der Waals surface area (Å²) in [5.41, 5.74) is 8.03.